The van der Waals surface area contributed by atoms with Crippen LogP contribution in [-0.2, 0) is 0 Å². The molecule has 0 aliphatic carbocycles. The largest absolute Gasteiger partial charge is 0.310 e. The van der Waals surface area contributed by atoms with Crippen LogP contribution in [0.4, 0.5) is 0 Å². The fourth-order valence-corrected chi connectivity index (χ4v) is 1.58. The van der Waals surface area contributed by atoms with Gasteiger partial charge >= 0.3 is 0 Å². The Morgan fingerprint density at radius 3 is 3.06 bits per heavy atom. The van der Waals surface area contributed by atoms with Crippen molar-refractivity contribution in [1.82, 2.24) is 25.1 Å². The molecule has 0 spiro atoms. The number of rotatable bonds is 4. The van der Waals surface area contributed by atoms with E-state index in [1.54, 1.807) is 17.2 Å². The number of nitrogens with one attached hydrogen (secondary N) is 1. The zero-order valence-corrected chi connectivity index (χ0v) is 9.46. The minimum absolute atomic E-state index is 0.315. The lowest BCUT2D eigenvalue weighted by atomic mass is 10.1. The van der Waals surface area contributed by atoms with Crippen molar-refractivity contribution in [3.8, 4) is 5.82 Å². The topological polar surface area (TPSA) is 55.6 Å². The molecule has 1 N–H and O–H groups in total. The maximum Gasteiger partial charge on any atom is 0.155 e. The van der Waals surface area contributed by atoms with Gasteiger partial charge < -0.3 is 5.32 Å². The van der Waals surface area contributed by atoms with Crippen LogP contribution >= 0.6 is 0 Å². The Hall–Kier alpha value is -1.75. The highest BCUT2D eigenvalue weighted by atomic mass is 15.3. The third-order valence-corrected chi connectivity index (χ3v) is 2.43. The van der Waals surface area contributed by atoms with Gasteiger partial charge in [-0.3, -0.25) is 0 Å². The second-order valence-corrected chi connectivity index (χ2v) is 3.57. The highest BCUT2D eigenvalue weighted by Gasteiger charge is 2.06. The van der Waals surface area contributed by atoms with Crippen molar-refractivity contribution in [1.29, 1.82) is 0 Å². The summed E-state index contributed by atoms with van der Waals surface area (Å²) < 4.78 is 1.65. The van der Waals surface area contributed by atoms with Crippen molar-refractivity contribution < 1.29 is 0 Å². The molecule has 0 saturated heterocycles. The average molecular weight is 217 g/mol. The number of hydrogen-bond donors (Lipinski definition) is 1. The predicted octanol–water partition coefficient (Wildman–Crippen LogP) is 1.33. The molecule has 84 valence electrons. The standard InChI is InChI=1S/C11H15N5/c1-3-13-9(2)10-4-5-14-11(6-10)16-8-12-7-15-16/h4-9,13H,3H2,1-2H3. The van der Waals surface area contributed by atoms with Crippen molar-refractivity contribution >= 4 is 0 Å². The summed E-state index contributed by atoms with van der Waals surface area (Å²) in [6.45, 7) is 5.17. The van der Waals surface area contributed by atoms with E-state index in [0.29, 0.717) is 6.04 Å². The Balaban J connectivity index is 2.26. The van der Waals surface area contributed by atoms with Gasteiger partial charge in [0.05, 0.1) is 0 Å². The van der Waals surface area contributed by atoms with Gasteiger partial charge in [0.1, 0.15) is 12.7 Å². The van der Waals surface area contributed by atoms with Gasteiger partial charge in [-0.05, 0) is 31.2 Å². The lowest BCUT2D eigenvalue weighted by Gasteiger charge is -2.13. The Bertz CT molecular complexity index is 437. The molecule has 0 aliphatic rings. The zero-order valence-electron chi connectivity index (χ0n) is 9.46. The average Bonchev–Trinajstić information content (AvgIpc) is 2.83. The van der Waals surface area contributed by atoms with E-state index in [2.05, 4.69) is 34.2 Å². The Labute approximate surface area is 94.5 Å². The summed E-state index contributed by atoms with van der Waals surface area (Å²) in [7, 11) is 0. The molecule has 2 rings (SSSR count). The van der Waals surface area contributed by atoms with Gasteiger partial charge in [-0.2, -0.15) is 5.10 Å². The first-order valence-corrected chi connectivity index (χ1v) is 5.35. The molecule has 0 bridgehead atoms. The van der Waals surface area contributed by atoms with Crippen LogP contribution in [0, 0.1) is 0 Å². The van der Waals surface area contributed by atoms with Gasteiger partial charge in [-0.25, -0.2) is 14.6 Å². The normalized spacial score (nSPS) is 12.6. The van der Waals surface area contributed by atoms with Crippen molar-refractivity contribution in [3.05, 3.63) is 36.5 Å². The summed E-state index contributed by atoms with van der Waals surface area (Å²) in [5.41, 5.74) is 1.20. The van der Waals surface area contributed by atoms with Gasteiger partial charge in [0, 0.05) is 12.2 Å². The molecule has 2 aromatic rings. The number of pyridine rings is 1. The molecule has 1 atom stereocenters. The molecular formula is C11H15N5. The lowest BCUT2D eigenvalue weighted by molar-refractivity contribution is 0.596. The molecule has 5 nitrogen and oxygen atoms in total. The quantitative estimate of drug-likeness (QED) is 0.839. The second kappa shape index (κ2) is 4.85. The van der Waals surface area contributed by atoms with Crippen LogP contribution in [0.1, 0.15) is 25.5 Å². The van der Waals surface area contributed by atoms with Crippen molar-refractivity contribution in [2.45, 2.75) is 19.9 Å². The number of hydrogen-bond acceptors (Lipinski definition) is 4. The summed E-state index contributed by atoms with van der Waals surface area (Å²) in [6.07, 6.45) is 4.94. The summed E-state index contributed by atoms with van der Waals surface area (Å²) in [6, 6.07) is 4.34. The molecule has 0 aliphatic heterocycles. The molecule has 0 saturated carbocycles. The Morgan fingerprint density at radius 1 is 1.50 bits per heavy atom. The van der Waals surface area contributed by atoms with E-state index >= 15 is 0 Å². The molecule has 0 fully saturated rings. The van der Waals surface area contributed by atoms with Crippen LogP contribution in [0.2, 0.25) is 0 Å². The van der Waals surface area contributed by atoms with E-state index in [1.165, 1.54) is 11.9 Å². The van der Waals surface area contributed by atoms with Crippen LogP contribution in [0.25, 0.3) is 5.82 Å². The third kappa shape index (κ3) is 2.25. The minimum atomic E-state index is 0.315. The van der Waals surface area contributed by atoms with Crippen LogP contribution in [0.5, 0.6) is 0 Å². The van der Waals surface area contributed by atoms with Gasteiger partial charge in [-0.15, -0.1) is 0 Å². The lowest BCUT2D eigenvalue weighted by Crippen LogP contribution is -2.18. The van der Waals surface area contributed by atoms with Crippen molar-refractivity contribution in [2.75, 3.05) is 6.54 Å². The first-order chi connectivity index (χ1) is 7.81. The SMILES string of the molecule is CCNC(C)c1ccnc(-n2cncn2)c1. The fourth-order valence-electron chi connectivity index (χ4n) is 1.58. The summed E-state index contributed by atoms with van der Waals surface area (Å²) in [5, 5.41) is 7.42. The van der Waals surface area contributed by atoms with E-state index in [-0.39, 0.29) is 0 Å². The number of aromatic nitrogens is 4. The van der Waals surface area contributed by atoms with Crippen molar-refractivity contribution in [2.24, 2.45) is 0 Å². The molecule has 0 radical (unpaired) electrons. The third-order valence-electron chi connectivity index (χ3n) is 2.43. The molecule has 1 unspecified atom stereocenters. The highest BCUT2D eigenvalue weighted by Crippen LogP contribution is 2.13. The van der Waals surface area contributed by atoms with Crippen LogP contribution in [0.15, 0.2) is 31.0 Å². The van der Waals surface area contributed by atoms with Gasteiger partial charge in [0.2, 0.25) is 0 Å². The first kappa shape index (κ1) is 10.8. The van der Waals surface area contributed by atoms with Gasteiger partial charge in [0.15, 0.2) is 5.82 Å². The predicted molar refractivity (Wildman–Crippen MR) is 61.2 cm³/mol. The molecule has 0 amide bonds. The van der Waals surface area contributed by atoms with Crippen LogP contribution < -0.4 is 5.32 Å². The molecule has 0 aromatic carbocycles. The van der Waals surface area contributed by atoms with Crippen molar-refractivity contribution in [3.63, 3.8) is 0 Å². The number of nitrogens with zero attached hydrogens (tertiary/aromatic N) is 4. The zero-order chi connectivity index (χ0) is 11.4. The maximum atomic E-state index is 4.26. The molecule has 16 heavy (non-hydrogen) atoms. The minimum Gasteiger partial charge on any atom is -0.310 e. The smallest absolute Gasteiger partial charge is 0.155 e. The molecule has 5 heteroatoms. The Morgan fingerprint density at radius 2 is 2.38 bits per heavy atom. The van der Waals surface area contributed by atoms with E-state index in [9.17, 15) is 0 Å². The van der Waals surface area contributed by atoms with Crippen LogP contribution in [0.3, 0.4) is 0 Å². The van der Waals surface area contributed by atoms with Gasteiger partial charge in [0.25, 0.3) is 0 Å². The summed E-state index contributed by atoms with van der Waals surface area (Å²) in [5.74, 6) is 0.791. The molecule has 2 aromatic heterocycles. The second-order valence-electron chi connectivity index (χ2n) is 3.57. The van der Waals surface area contributed by atoms with E-state index in [0.717, 1.165) is 12.4 Å². The summed E-state index contributed by atoms with van der Waals surface area (Å²) in [4.78, 5) is 8.16. The highest BCUT2D eigenvalue weighted by molar-refractivity contribution is 5.28. The molecular weight excluding hydrogens is 202 g/mol. The maximum absolute atomic E-state index is 4.26. The van der Waals surface area contributed by atoms with Crippen LogP contribution in [-0.4, -0.2) is 26.3 Å². The Kier molecular flexibility index (Phi) is 3.26. The van der Waals surface area contributed by atoms with E-state index in [1.807, 2.05) is 12.1 Å². The first-order valence-electron chi connectivity index (χ1n) is 5.35. The summed E-state index contributed by atoms with van der Waals surface area (Å²) >= 11 is 0. The van der Waals surface area contributed by atoms with Gasteiger partial charge in [-0.1, -0.05) is 6.92 Å². The van der Waals surface area contributed by atoms with E-state index in [4.69, 9.17) is 0 Å². The molecule has 2 heterocycles. The fraction of sp³-hybridized carbons (Fsp3) is 0.364. The van der Waals surface area contributed by atoms with E-state index < -0.39 is 0 Å². The monoisotopic (exact) mass is 217 g/mol.